The van der Waals surface area contributed by atoms with Crippen molar-refractivity contribution in [3.8, 4) is 0 Å². The molecule has 1 aliphatic rings. The highest BCUT2D eigenvalue weighted by Crippen LogP contribution is 2.20. The van der Waals surface area contributed by atoms with E-state index in [0.29, 0.717) is 12.0 Å². The molecule has 3 unspecified atom stereocenters. The lowest BCUT2D eigenvalue weighted by molar-refractivity contribution is -0.132. The van der Waals surface area contributed by atoms with E-state index in [1.54, 1.807) is 0 Å². The first-order valence-corrected chi connectivity index (χ1v) is 6.05. The Balaban J connectivity index is 2.68. The Morgan fingerprint density at radius 3 is 2.47 bits per heavy atom. The Morgan fingerprint density at radius 2 is 2.00 bits per heavy atom. The van der Waals surface area contributed by atoms with Crippen molar-refractivity contribution in [3.63, 3.8) is 0 Å². The van der Waals surface area contributed by atoms with Crippen LogP contribution in [0, 0.1) is 5.92 Å². The molecule has 0 aromatic heterocycles. The van der Waals surface area contributed by atoms with Crippen LogP contribution in [0.2, 0.25) is 0 Å². The molecule has 3 nitrogen and oxygen atoms in total. The van der Waals surface area contributed by atoms with Crippen LogP contribution in [0.1, 0.15) is 47.5 Å². The summed E-state index contributed by atoms with van der Waals surface area (Å²) in [5.74, 6) is 0.899. The van der Waals surface area contributed by atoms with Gasteiger partial charge >= 0.3 is 0 Å². The molecule has 1 saturated heterocycles. The Morgan fingerprint density at radius 1 is 1.40 bits per heavy atom. The molecule has 1 fully saturated rings. The average Bonchev–Trinajstić information content (AvgIpc) is 2.41. The summed E-state index contributed by atoms with van der Waals surface area (Å²) in [6.45, 7) is 10.6. The quantitative estimate of drug-likeness (QED) is 0.773. The van der Waals surface area contributed by atoms with Crippen molar-refractivity contribution < 1.29 is 4.79 Å². The maximum absolute atomic E-state index is 12.0. The van der Waals surface area contributed by atoms with Crippen LogP contribution in [-0.4, -0.2) is 29.1 Å². The molecule has 0 aromatic carbocycles. The predicted octanol–water partition coefficient (Wildman–Crippen LogP) is 1.98. The zero-order chi connectivity index (χ0) is 11.6. The standard InChI is InChI=1S/C12H24N2O/c1-6-11-13-10(5)12(15)14(11)9(4)7-8(2)3/h8-11,13H,6-7H2,1-5H3. The normalized spacial score (nSPS) is 28.9. The fourth-order valence-electron chi connectivity index (χ4n) is 2.45. The van der Waals surface area contributed by atoms with E-state index in [1.165, 1.54) is 0 Å². The number of amides is 1. The van der Waals surface area contributed by atoms with Gasteiger partial charge in [0.25, 0.3) is 0 Å². The summed E-state index contributed by atoms with van der Waals surface area (Å²) in [5.41, 5.74) is 0. The van der Waals surface area contributed by atoms with Crippen molar-refractivity contribution in [2.24, 2.45) is 5.92 Å². The van der Waals surface area contributed by atoms with Gasteiger partial charge in [-0.25, -0.2) is 0 Å². The molecule has 0 aromatic rings. The number of nitrogens with zero attached hydrogens (tertiary/aromatic N) is 1. The molecule has 3 atom stereocenters. The van der Waals surface area contributed by atoms with Gasteiger partial charge in [-0.15, -0.1) is 0 Å². The summed E-state index contributed by atoms with van der Waals surface area (Å²) < 4.78 is 0. The van der Waals surface area contributed by atoms with Gasteiger partial charge in [0.2, 0.25) is 5.91 Å². The first-order valence-electron chi connectivity index (χ1n) is 6.05. The second-order valence-electron chi connectivity index (χ2n) is 5.04. The summed E-state index contributed by atoms with van der Waals surface area (Å²) >= 11 is 0. The van der Waals surface area contributed by atoms with Gasteiger partial charge in [-0.1, -0.05) is 20.8 Å². The number of carbonyl (C=O) groups is 1. The minimum Gasteiger partial charge on any atom is -0.323 e. The van der Waals surface area contributed by atoms with E-state index < -0.39 is 0 Å². The maximum Gasteiger partial charge on any atom is 0.240 e. The lowest BCUT2D eigenvalue weighted by Gasteiger charge is -2.30. The fourth-order valence-corrected chi connectivity index (χ4v) is 2.45. The van der Waals surface area contributed by atoms with E-state index in [-0.39, 0.29) is 18.1 Å². The van der Waals surface area contributed by atoms with Gasteiger partial charge in [0, 0.05) is 6.04 Å². The van der Waals surface area contributed by atoms with E-state index in [0.717, 1.165) is 12.8 Å². The van der Waals surface area contributed by atoms with Crippen LogP contribution in [-0.2, 0) is 4.79 Å². The van der Waals surface area contributed by atoms with E-state index >= 15 is 0 Å². The Kier molecular flexibility index (Phi) is 4.14. The van der Waals surface area contributed by atoms with Crippen molar-refractivity contribution in [1.82, 2.24) is 10.2 Å². The van der Waals surface area contributed by atoms with Crippen LogP contribution in [0.3, 0.4) is 0 Å². The van der Waals surface area contributed by atoms with Crippen LogP contribution in [0.25, 0.3) is 0 Å². The van der Waals surface area contributed by atoms with Crippen LogP contribution in [0.4, 0.5) is 0 Å². The van der Waals surface area contributed by atoms with Crippen molar-refractivity contribution in [2.45, 2.75) is 65.7 Å². The highest BCUT2D eigenvalue weighted by atomic mass is 16.2. The smallest absolute Gasteiger partial charge is 0.240 e. The molecule has 0 bridgehead atoms. The number of hydrogen-bond donors (Lipinski definition) is 1. The Labute approximate surface area is 93.2 Å². The summed E-state index contributed by atoms with van der Waals surface area (Å²) in [6, 6.07) is 0.337. The van der Waals surface area contributed by atoms with Crippen LogP contribution >= 0.6 is 0 Å². The highest BCUT2D eigenvalue weighted by Gasteiger charge is 2.37. The average molecular weight is 212 g/mol. The van der Waals surface area contributed by atoms with Crippen LogP contribution in [0.15, 0.2) is 0 Å². The van der Waals surface area contributed by atoms with Gasteiger partial charge in [0.05, 0.1) is 12.2 Å². The SMILES string of the molecule is CCC1NC(C)C(=O)N1C(C)CC(C)C. The summed E-state index contributed by atoms with van der Waals surface area (Å²) in [7, 11) is 0. The molecule has 15 heavy (non-hydrogen) atoms. The third-order valence-electron chi connectivity index (χ3n) is 3.08. The van der Waals surface area contributed by atoms with Gasteiger partial charge in [-0.3, -0.25) is 10.1 Å². The molecule has 88 valence electrons. The van der Waals surface area contributed by atoms with Gasteiger partial charge in [0.15, 0.2) is 0 Å². The fraction of sp³-hybridized carbons (Fsp3) is 0.917. The van der Waals surface area contributed by atoms with E-state index in [9.17, 15) is 4.79 Å². The second kappa shape index (κ2) is 4.97. The number of hydrogen-bond acceptors (Lipinski definition) is 2. The van der Waals surface area contributed by atoms with Crippen molar-refractivity contribution in [2.75, 3.05) is 0 Å². The molecule has 1 aliphatic heterocycles. The largest absolute Gasteiger partial charge is 0.323 e. The molecule has 0 radical (unpaired) electrons. The van der Waals surface area contributed by atoms with Crippen molar-refractivity contribution in [1.29, 1.82) is 0 Å². The van der Waals surface area contributed by atoms with Gasteiger partial charge in [-0.05, 0) is 32.6 Å². The first kappa shape index (κ1) is 12.5. The summed E-state index contributed by atoms with van der Waals surface area (Å²) in [4.78, 5) is 14.0. The molecule has 0 spiro atoms. The Hall–Kier alpha value is -0.570. The van der Waals surface area contributed by atoms with E-state index in [4.69, 9.17) is 0 Å². The van der Waals surface area contributed by atoms with Gasteiger partial charge in [0.1, 0.15) is 0 Å². The van der Waals surface area contributed by atoms with Gasteiger partial charge < -0.3 is 4.90 Å². The van der Waals surface area contributed by atoms with Gasteiger partial charge in [-0.2, -0.15) is 0 Å². The predicted molar refractivity (Wildman–Crippen MR) is 62.4 cm³/mol. The Bertz CT molecular complexity index is 228. The lowest BCUT2D eigenvalue weighted by Crippen LogP contribution is -2.43. The number of nitrogens with one attached hydrogen (secondary N) is 1. The van der Waals surface area contributed by atoms with E-state index in [1.807, 2.05) is 11.8 Å². The second-order valence-corrected chi connectivity index (χ2v) is 5.04. The van der Waals surface area contributed by atoms with Crippen molar-refractivity contribution >= 4 is 5.91 Å². The minimum absolute atomic E-state index is 0.00966. The molecule has 1 amide bonds. The third-order valence-corrected chi connectivity index (χ3v) is 3.08. The molecular weight excluding hydrogens is 188 g/mol. The zero-order valence-electron chi connectivity index (χ0n) is 10.6. The monoisotopic (exact) mass is 212 g/mol. The molecule has 1 N–H and O–H groups in total. The van der Waals surface area contributed by atoms with Crippen LogP contribution < -0.4 is 5.32 Å². The maximum atomic E-state index is 12.0. The summed E-state index contributed by atoms with van der Waals surface area (Å²) in [6.07, 6.45) is 2.30. The minimum atomic E-state index is -0.00966. The van der Waals surface area contributed by atoms with Crippen LogP contribution in [0.5, 0.6) is 0 Å². The molecule has 1 rings (SSSR count). The molecule has 1 heterocycles. The first-order chi connectivity index (χ1) is 6.97. The molecule has 0 saturated carbocycles. The van der Waals surface area contributed by atoms with E-state index in [2.05, 4.69) is 33.0 Å². The molecular formula is C12H24N2O. The highest BCUT2D eigenvalue weighted by molar-refractivity contribution is 5.84. The topological polar surface area (TPSA) is 32.3 Å². The number of rotatable bonds is 4. The molecule has 3 heteroatoms. The summed E-state index contributed by atoms with van der Waals surface area (Å²) in [5, 5.41) is 3.33. The lowest BCUT2D eigenvalue weighted by atomic mass is 10.0. The number of carbonyl (C=O) groups excluding carboxylic acids is 1. The zero-order valence-corrected chi connectivity index (χ0v) is 10.6. The van der Waals surface area contributed by atoms with Crippen molar-refractivity contribution in [3.05, 3.63) is 0 Å². The molecule has 0 aliphatic carbocycles. The third kappa shape index (κ3) is 2.71.